The summed E-state index contributed by atoms with van der Waals surface area (Å²) in [6, 6.07) is 15.7. The number of non-ortho nitro benzene ring substituents is 1. The second-order valence-electron chi connectivity index (χ2n) is 6.46. The molecule has 1 heterocycles. The summed E-state index contributed by atoms with van der Waals surface area (Å²) in [7, 11) is 1.62. The first-order valence-electron chi connectivity index (χ1n) is 9.23. The summed E-state index contributed by atoms with van der Waals surface area (Å²) in [4.78, 5) is 22.8. The lowest BCUT2D eigenvalue weighted by Crippen LogP contribution is -2.26. The highest BCUT2D eigenvalue weighted by molar-refractivity contribution is 5.81. The van der Waals surface area contributed by atoms with Crippen molar-refractivity contribution in [2.24, 2.45) is 0 Å². The fraction of sp³-hybridized carbons (Fsp3) is 0.238. The van der Waals surface area contributed by atoms with Gasteiger partial charge in [-0.1, -0.05) is 18.2 Å². The van der Waals surface area contributed by atoms with E-state index >= 15 is 0 Å². The van der Waals surface area contributed by atoms with E-state index in [1.165, 1.54) is 12.1 Å². The van der Waals surface area contributed by atoms with Crippen LogP contribution in [0.3, 0.4) is 0 Å². The van der Waals surface area contributed by atoms with Crippen LogP contribution in [-0.4, -0.2) is 40.9 Å². The monoisotopic (exact) mass is 394 g/mol. The summed E-state index contributed by atoms with van der Waals surface area (Å²) in [6.07, 6.45) is 2.72. The van der Waals surface area contributed by atoms with Crippen molar-refractivity contribution in [2.75, 3.05) is 20.3 Å². The predicted octanol–water partition coefficient (Wildman–Crippen LogP) is 3.14. The molecular formula is C21H22N4O4. The number of ether oxygens (including phenoxy) is 1. The number of carbonyl (C=O) groups is 1. The second kappa shape index (κ2) is 9.61. The molecule has 1 aromatic heterocycles. The van der Waals surface area contributed by atoms with Gasteiger partial charge in [0.05, 0.1) is 22.7 Å². The zero-order chi connectivity index (χ0) is 20.6. The standard InChI is InChI=1S/C21H22N4O4/c1-29-13-5-12-22-20(26)14-17-15-24(18-6-3-2-4-7-18)23-21(17)16-8-10-19(11-9-16)25(27)28/h2-4,6-11,15H,5,12-14H2,1H3,(H,22,26). The van der Waals surface area contributed by atoms with E-state index in [0.29, 0.717) is 24.4 Å². The minimum Gasteiger partial charge on any atom is -0.385 e. The summed E-state index contributed by atoms with van der Waals surface area (Å²) in [5.41, 5.74) is 2.95. The first-order chi connectivity index (χ1) is 14.1. The molecule has 150 valence electrons. The first-order valence-corrected chi connectivity index (χ1v) is 9.23. The smallest absolute Gasteiger partial charge is 0.269 e. The third kappa shape index (κ3) is 5.26. The molecule has 29 heavy (non-hydrogen) atoms. The van der Waals surface area contributed by atoms with Gasteiger partial charge in [-0.2, -0.15) is 5.10 Å². The molecule has 8 nitrogen and oxygen atoms in total. The predicted molar refractivity (Wildman–Crippen MR) is 109 cm³/mol. The molecule has 2 aromatic carbocycles. The molecule has 0 radical (unpaired) electrons. The second-order valence-corrected chi connectivity index (χ2v) is 6.46. The number of rotatable bonds is 9. The molecule has 3 aromatic rings. The molecule has 0 aliphatic heterocycles. The topological polar surface area (TPSA) is 99.3 Å². The molecule has 0 saturated carbocycles. The van der Waals surface area contributed by atoms with Crippen molar-refractivity contribution in [3.8, 4) is 16.9 Å². The normalized spacial score (nSPS) is 10.7. The molecule has 1 amide bonds. The van der Waals surface area contributed by atoms with Crippen molar-refractivity contribution in [3.05, 3.63) is 76.5 Å². The van der Waals surface area contributed by atoms with Crippen LogP contribution in [0.2, 0.25) is 0 Å². The fourth-order valence-electron chi connectivity index (χ4n) is 2.92. The molecule has 1 N–H and O–H groups in total. The number of nitro groups is 1. The molecule has 0 saturated heterocycles. The number of para-hydroxylation sites is 1. The number of benzene rings is 2. The van der Waals surface area contributed by atoms with Crippen LogP contribution in [0.25, 0.3) is 16.9 Å². The van der Waals surface area contributed by atoms with Crippen LogP contribution in [0.4, 0.5) is 5.69 Å². The highest BCUT2D eigenvalue weighted by Crippen LogP contribution is 2.26. The molecular weight excluding hydrogens is 372 g/mol. The van der Waals surface area contributed by atoms with Gasteiger partial charge in [-0.3, -0.25) is 14.9 Å². The van der Waals surface area contributed by atoms with Crippen LogP contribution in [0.15, 0.2) is 60.8 Å². The first kappa shape index (κ1) is 20.2. The maximum atomic E-state index is 12.4. The van der Waals surface area contributed by atoms with Crippen LogP contribution < -0.4 is 5.32 Å². The number of methoxy groups -OCH3 is 1. The van der Waals surface area contributed by atoms with E-state index in [4.69, 9.17) is 4.74 Å². The minimum absolute atomic E-state index is 0.00804. The van der Waals surface area contributed by atoms with Gasteiger partial charge in [0.25, 0.3) is 5.69 Å². The summed E-state index contributed by atoms with van der Waals surface area (Å²) < 4.78 is 6.70. The summed E-state index contributed by atoms with van der Waals surface area (Å²) >= 11 is 0. The molecule has 0 aliphatic rings. The number of aromatic nitrogens is 2. The van der Waals surface area contributed by atoms with E-state index in [1.54, 1.807) is 23.9 Å². The van der Waals surface area contributed by atoms with Crippen molar-refractivity contribution >= 4 is 11.6 Å². The van der Waals surface area contributed by atoms with Gasteiger partial charge in [-0.15, -0.1) is 0 Å². The Kier molecular flexibility index (Phi) is 6.70. The average molecular weight is 394 g/mol. The maximum Gasteiger partial charge on any atom is 0.269 e. The number of hydrogen-bond donors (Lipinski definition) is 1. The zero-order valence-electron chi connectivity index (χ0n) is 16.1. The highest BCUT2D eigenvalue weighted by Gasteiger charge is 2.16. The molecule has 0 atom stereocenters. The van der Waals surface area contributed by atoms with Crippen LogP contribution in [0.5, 0.6) is 0 Å². The zero-order valence-corrected chi connectivity index (χ0v) is 16.1. The Morgan fingerprint density at radius 1 is 1.17 bits per heavy atom. The Morgan fingerprint density at radius 2 is 1.90 bits per heavy atom. The summed E-state index contributed by atoms with van der Waals surface area (Å²) in [6.45, 7) is 1.12. The third-order valence-corrected chi connectivity index (χ3v) is 4.36. The molecule has 0 spiro atoms. The highest BCUT2D eigenvalue weighted by atomic mass is 16.6. The van der Waals surface area contributed by atoms with E-state index < -0.39 is 4.92 Å². The number of nitro benzene ring substituents is 1. The summed E-state index contributed by atoms with van der Waals surface area (Å²) in [5.74, 6) is -0.114. The van der Waals surface area contributed by atoms with Crippen molar-refractivity contribution < 1.29 is 14.5 Å². The van der Waals surface area contributed by atoms with Crippen molar-refractivity contribution in [2.45, 2.75) is 12.8 Å². The van der Waals surface area contributed by atoms with Gasteiger partial charge in [-0.25, -0.2) is 4.68 Å². The SMILES string of the molecule is COCCCNC(=O)Cc1cn(-c2ccccc2)nc1-c1ccc([N+](=O)[O-])cc1. The van der Waals surface area contributed by atoms with Gasteiger partial charge in [0.15, 0.2) is 0 Å². The van der Waals surface area contributed by atoms with Crippen LogP contribution in [-0.2, 0) is 16.0 Å². The lowest BCUT2D eigenvalue weighted by atomic mass is 10.1. The Labute approximate surface area is 168 Å². The van der Waals surface area contributed by atoms with Gasteiger partial charge in [-0.05, 0) is 30.7 Å². The van der Waals surface area contributed by atoms with E-state index in [2.05, 4.69) is 10.4 Å². The van der Waals surface area contributed by atoms with Crippen LogP contribution >= 0.6 is 0 Å². The van der Waals surface area contributed by atoms with Crippen LogP contribution in [0.1, 0.15) is 12.0 Å². The van der Waals surface area contributed by atoms with Crippen molar-refractivity contribution in [1.82, 2.24) is 15.1 Å². The number of nitrogens with zero attached hydrogens (tertiary/aromatic N) is 3. The molecule has 8 heteroatoms. The number of amides is 1. The Morgan fingerprint density at radius 3 is 2.55 bits per heavy atom. The Balaban J connectivity index is 1.87. The number of hydrogen-bond acceptors (Lipinski definition) is 5. The van der Waals surface area contributed by atoms with Crippen LogP contribution in [0, 0.1) is 10.1 Å². The molecule has 0 fully saturated rings. The lowest BCUT2D eigenvalue weighted by Gasteiger charge is -2.05. The Bertz CT molecular complexity index is 968. The maximum absolute atomic E-state index is 12.4. The number of carbonyl (C=O) groups excluding carboxylic acids is 1. The molecule has 3 rings (SSSR count). The van der Waals surface area contributed by atoms with Crippen molar-refractivity contribution in [3.63, 3.8) is 0 Å². The van der Waals surface area contributed by atoms with E-state index in [-0.39, 0.29) is 18.0 Å². The number of nitrogens with one attached hydrogen (secondary N) is 1. The Hall–Kier alpha value is -3.52. The van der Waals surface area contributed by atoms with Gasteiger partial charge in [0, 0.05) is 49.7 Å². The molecule has 0 aliphatic carbocycles. The van der Waals surface area contributed by atoms with E-state index in [0.717, 1.165) is 17.7 Å². The quantitative estimate of drug-likeness (QED) is 0.341. The molecule has 0 unspecified atom stereocenters. The van der Waals surface area contributed by atoms with E-state index in [9.17, 15) is 14.9 Å². The van der Waals surface area contributed by atoms with Crippen molar-refractivity contribution in [1.29, 1.82) is 0 Å². The summed E-state index contributed by atoms with van der Waals surface area (Å²) in [5, 5.41) is 18.4. The van der Waals surface area contributed by atoms with E-state index in [1.807, 2.05) is 36.5 Å². The molecule has 0 bridgehead atoms. The van der Waals surface area contributed by atoms with Gasteiger partial charge < -0.3 is 10.1 Å². The third-order valence-electron chi connectivity index (χ3n) is 4.36. The average Bonchev–Trinajstić information content (AvgIpc) is 3.15. The van der Waals surface area contributed by atoms with Gasteiger partial charge >= 0.3 is 0 Å². The lowest BCUT2D eigenvalue weighted by molar-refractivity contribution is -0.384. The van der Waals surface area contributed by atoms with Gasteiger partial charge in [0.2, 0.25) is 5.91 Å². The largest absolute Gasteiger partial charge is 0.385 e. The minimum atomic E-state index is -0.444. The fourth-order valence-corrected chi connectivity index (χ4v) is 2.92. The van der Waals surface area contributed by atoms with Gasteiger partial charge in [0.1, 0.15) is 0 Å².